The highest BCUT2D eigenvalue weighted by Crippen LogP contribution is 2.27. The lowest BCUT2D eigenvalue weighted by atomic mass is 10.3. The zero-order chi connectivity index (χ0) is 10.7. The van der Waals surface area contributed by atoms with Gasteiger partial charge in [-0.2, -0.15) is 0 Å². The number of rotatable bonds is 3. The molecule has 72 valence electrons. The molecular formula is C6H4N4O4. The van der Waals surface area contributed by atoms with Crippen LogP contribution < -0.4 is 0 Å². The Morgan fingerprint density at radius 3 is 2.43 bits per heavy atom. The van der Waals surface area contributed by atoms with Crippen molar-refractivity contribution in [3.63, 3.8) is 0 Å². The van der Waals surface area contributed by atoms with Crippen LogP contribution in [0.4, 0.5) is 17.2 Å². The number of hydrogen-bond acceptors (Lipinski definition) is 6. The summed E-state index contributed by atoms with van der Waals surface area (Å²) >= 11 is 0. The molecule has 0 saturated carbocycles. The van der Waals surface area contributed by atoms with E-state index >= 15 is 0 Å². The summed E-state index contributed by atoms with van der Waals surface area (Å²) in [6.45, 7) is 3.06. The molecule has 0 fully saturated rings. The smallest absolute Gasteiger partial charge is 0.258 e. The maximum absolute atomic E-state index is 10.4. The Bertz CT molecular complexity index is 416. The number of pyridine rings is 1. The Balaban J connectivity index is 3.34. The van der Waals surface area contributed by atoms with Gasteiger partial charge < -0.3 is 0 Å². The lowest BCUT2D eigenvalue weighted by molar-refractivity contribution is -0.394. The minimum Gasteiger partial charge on any atom is -0.258 e. The molecule has 0 atom stereocenters. The molecule has 1 aromatic rings. The van der Waals surface area contributed by atoms with E-state index < -0.39 is 21.2 Å². The molecule has 1 rings (SSSR count). The molecule has 0 aromatic carbocycles. The average Bonchev–Trinajstić information content (AvgIpc) is 2.16. The molecule has 0 unspecified atom stereocenters. The minimum absolute atomic E-state index is 0.236. The predicted octanol–water partition coefficient (Wildman–Crippen LogP) is 1.23. The van der Waals surface area contributed by atoms with E-state index in [9.17, 15) is 20.2 Å². The van der Waals surface area contributed by atoms with Gasteiger partial charge in [0, 0.05) is 0 Å². The van der Waals surface area contributed by atoms with Crippen molar-refractivity contribution in [3.8, 4) is 0 Å². The molecule has 0 spiro atoms. The number of nitro groups is 2. The Kier molecular flexibility index (Phi) is 2.47. The Morgan fingerprint density at radius 2 is 2.00 bits per heavy atom. The molecule has 1 aromatic heterocycles. The summed E-state index contributed by atoms with van der Waals surface area (Å²) in [5, 5.41) is 20.7. The molecule has 0 bridgehead atoms. The largest absolute Gasteiger partial charge is 0.320 e. The van der Waals surface area contributed by atoms with E-state index in [1.54, 1.807) is 0 Å². The van der Waals surface area contributed by atoms with E-state index in [0.717, 1.165) is 12.3 Å². The van der Waals surface area contributed by atoms with Crippen molar-refractivity contribution in [1.29, 1.82) is 0 Å². The molecular weight excluding hydrogens is 192 g/mol. The SMILES string of the molecule is C=Nc1ncc([N+](=O)[O-])cc1[N+](=O)[O-]. The van der Waals surface area contributed by atoms with Crippen molar-refractivity contribution in [2.75, 3.05) is 0 Å². The Hall–Kier alpha value is -2.38. The number of nitrogens with zero attached hydrogens (tertiary/aromatic N) is 4. The maximum atomic E-state index is 10.4. The molecule has 8 nitrogen and oxygen atoms in total. The van der Waals surface area contributed by atoms with Crippen LogP contribution in [0, 0.1) is 20.2 Å². The predicted molar refractivity (Wildman–Crippen MR) is 46.8 cm³/mol. The molecule has 8 heteroatoms. The summed E-state index contributed by atoms with van der Waals surface area (Å²) in [5.41, 5.74) is -0.988. The van der Waals surface area contributed by atoms with Gasteiger partial charge in [0.2, 0.25) is 5.82 Å². The monoisotopic (exact) mass is 196 g/mol. The van der Waals surface area contributed by atoms with Gasteiger partial charge >= 0.3 is 5.69 Å². The number of hydrogen-bond donors (Lipinski definition) is 0. The van der Waals surface area contributed by atoms with Gasteiger partial charge in [0.05, 0.1) is 15.9 Å². The summed E-state index contributed by atoms with van der Waals surface area (Å²) in [7, 11) is 0. The number of aliphatic imine (C=N–C) groups is 1. The van der Waals surface area contributed by atoms with Crippen molar-refractivity contribution in [2.45, 2.75) is 0 Å². The first-order valence-electron chi connectivity index (χ1n) is 3.32. The average molecular weight is 196 g/mol. The summed E-state index contributed by atoms with van der Waals surface area (Å²) in [6, 6.07) is 0.789. The highest BCUT2D eigenvalue weighted by molar-refractivity contribution is 5.58. The third-order valence-electron chi connectivity index (χ3n) is 1.39. The number of aromatic nitrogens is 1. The normalized spacial score (nSPS) is 9.43. The molecule has 0 radical (unpaired) electrons. The zero-order valence-corrected chi connectivity index (χ0v) is 6.78. The van der Waals surface area contributed by atoms with Gasteiger partial charge in [0.25, 0.3) is 5.69 Å². The third kappa shape index (κ3) is 1.68. The molecule has 0 aliphatic carbocycles. The van der Waals surface area contributed by atoms with Crippen LogP contribution in [-0.4, -0.2) is 21.5 Å². The van der Waals surface area contributed by atoms with Gasteiger partial charge in [-0.1, -0.05) is 0 Å². The van der Waals surface area contributed by atoms with Crippen molar-refractivity contribution < 1.29 is 9.85 Å². The van der Waals surface area contributed by atoms with Crippen molar-refractivity contribution in [3.05, 3.63) is 32.5 Å². The van der Waals surface area contributed by atoms with Crippen LogP contribution in [0.25, 0.3) is 0 Å². The molecule has 0 aliphatic heterocycles. The maximum Gasteiger partial charge on any atom is 0.320 e. The Labute approximate surface area is 77.2 Å². The lowest BCUT2D eigenvalue weighted by Gasteiger charge is -1.94. The van der Waals surface area contributed by atoms with Gasteiger partial charge in [-0.05, 0) is 6.72 Å². The van der Waals surface area contributed by atoms with E-state index in [1.165, 1.54) is 0 Å². The zero-order valence-electron chi connectivity index (χ0n) is 6.78. The topological polar surface area (TPSA) is 112 Å². The Morgan fingerprint density at radius 1 is 1.36 bits per heavy atom. The van der Waals surface area contributed by atoms with Crippen LogP contribution in [-0.2, 0) is 0 Å². The first-order valence-corrected chi connectivity index (χ1v) is 3.32. The first-order chi connectivity index (χ1) is 6.56. The van der Waals surface area contributed by atoms with Gasteiger partial charge in [0.1, 0.15) is 6.20 Å². The molecule has 0 N–H and O–H groups in total. The van der Waals surface area contributed by atoms with E-state index in [1.807, 2.05) is 0 Å². The van der Waals surface area contributed by atoms with Crippen LogP contribution in [0.2, 0.25) is 0 Å². The van der Waals surface area contributed by atoms with Crippen molar-refractivity contribution in [1.82, 2.24) is 4.98 Å². The second-order valence-corrected chi connectivity index (χ2v) is 2.21. The second-order valence-electron chi connectivity index (χ2n) is 2.21. The fraction of sp³-hybridized carbons (Fsp3) is 0. The molecule has 14 heavy (non-hydrogen) atoms. The van der Waals surface area contributed by atoms with E-state index in [-0.39, 0.29) is 5.82 Å². The van der Waals surface area contributed by atoms with Crippen LogP contribution in [0.5, 0.6) is 0 Å². The van der Waals surface area contributed by atoms with E-state index in [4.69, 9.17) is 0 Å². The fourth-order valence-corrected chi connectivity index (χ4v) is 0.791. The second kappa shape index (κ2) is 3.56. The standard InChI is InChI=1S/C6H4N4O4/c1-7-6-5(10(13)14)2-4(3-8-6)9(11)12/h2-3H,1H2. The van der Waals surface area contributed by atoms with Gasteiger partial charge in [-0.3, -0.25) is 20.2 Å². The molecule has 0 saturated heterocycles. The van der Waals surface area contributed by atoms with E-state index in [0.29, 0.717) is 0 Å². The first kappa shape index (κ1) is 9.71. The van der Waals surface area contributed by atoms with Crippen molar-refractivity contribution in [2.24, 2.45) is 4.99 Å². The van der Waals surface area contributed by atoms with Gasteiger partial charge in [-0.25, -0.2) is 9.98 Å². The highest BCUT2D eigenvalue weighted by atomic mass is 16.6. The molecule has 0 aliphatic rings. The van der Waals surface area contributed by atoms with Crippen LogP contribution in [0.1, 0.15) is 0 Å². The molecule has 0 amide bonds. The fourth-order valence-electron chi connectivity index (χ4n) is 0.791. The van der Waals surface area contributed by atoms with Crippen LogP contribution in [0.3, 0.4) is 0 Å². The quantitative estimate of drug-likeness (QED) is 0.410. The van der Waals surface area contributed by atoms with Crippen molar-refractivity contribution >= 4 is 23.9 Å². The van der Waals surface area contributed by atoms with Crippen LogP contribution in [0.15, 0.2) is 17.3 Å². The van der Waals surface area contributed by atoms with Crippen LogP contribution >= 0.6 is 0 Å². The van der Waals surface area contributed by atoms with E-state index in [2.05, 4.69) is 16.7 Å². The summed E-state index contributed by atoms with van der Waals surface area (Å²) in [5.74, 6) is -0.236. The molecule has 1 heterocycles. The van der Waals surface area contributed by atoms with Gasteiger partial charge in [-0.15, -0.1) is 0 Å². The lowest BCUT2D eigenvalue weighted by Crippen LogP contribution is -1.94. The third-order valence-corrected chi connectivity index (χ3v) is 1.39. The highest BCUT2D eigenvalue weighted by Gasteiger charge is 2.19. The van der Waals surface area contributed by atoms with Gasteiger partial charge in [0.15, 0.2) is 0 Å². The summed E-state index contributed by atoms with van der Waals surface area (Å²) in [4.78, 5) is 25.8. The summed E-state index contributed by atoms with van der Waals surface area (Å²) < 4.78 is 0. The summed E-state index contributed by atoms with van der Waals surface area (Å²) in [6.07, 6.45) is 0.886. The minimum atomic E-state index is -0.802.